The number of hydroxylamine groups is 6. The first kappa shape index (κ1) is 35.4. The van der Waals surface area contributed by atoms with E-state index in [0.717, 1.165) is 51.4 Å². The van der Waals surface area contributed by atoms with Gasteiger partial charge in [-0.15, -0.1) is 8.57 Å². The number of hydrogen-bond acceptors (Lipinski definition) is 12. The van der Waals surface area contributed by atoms with Crippen molar-refractivity contribution in [2.45, 2.75) is 120 Å². The Morgan fingerprint density at radius 2 is 0.957 bits per heavy atom. The van der Waals surface area contributed by atoms with Gasteiger partial charge in [0.1, 0.15) is 12.1 Å². The van der Waals surface area contributed by atoms with E-state index in [1.165, 1.54) is 16.2 Å². The lowest BCUT2D eigenvalue weighted by Gasteiger charge is -2.30. The molecule has 6 aliphatic rings. The first-order valence-electron chi connectivity index (χ1n) is 15.6. The van der Waals surface area contributed by atoms with E-state index in [0.29, 0.717) is 35.8 Å². The van der Waals surface area contributed by atoms with Crippen LogP contribution in [0.1, 0.15) is 83.5 Å². The molecule has 2 saturated carbocycles. The van der Waals surface area contributed by atoms with Crippen LogP contribution in [0.3, 0.4) is 0 Å². The minimum absolute atomic E-state index is 0.00364. The van der Waals surface area contributed by atoms with Crippen LogP contribution in [-0.4, -0.2) is 119 Å². The van der Waals surface area contributed by atoms with Gasteiger partial charge in [-0.05, 0) is 51.4 Å². The van der Waals surface area contributed by atoms with Gasteiger partial charge in [0.2, 0.25) is 0 Å². The molecule has 0 aromatic rings. The van der Waals surface area contributed by atoms with Crippen LogP contribution in [0.4, 0.5) is 9.59 Å². The quantitative estimate of drug-likeness (QED) is 0.176. The van der Waals surface area contributed by atoms with Crippen molar-refractivity contribution in [2.75, 3.05) is 13.1 Å². The second kappa shape index (κ2) is 14.7. The molecule has 6 rings (SSSR count). The topological polar surface area (TPSA) is 251 Å². The summed E-state index contributed by atoms with van der Waals surface area (Å²) in [7, 11) is -9.57. The number of rotatable bonds is 10. The molecule has 4 aliphatic heterocycles. The van der Waals surface area contributed by atoms with Gasteiger partial charge in [-0.1, -0.05) is 32.1 Å². The van der Waals surface area contributed by atoms with E-state index in [9.17, 15) is 36.0 Å². The molecule has 6 fully saturated rings. The molecule has 266 valence electrons. The van der Waals surface area contributed by atoms with Crippen molar-refractivity contribution >= 4 is 44.7 Å². The summed E-state index contributed by atoms with van der Waals surface area (Å²) in [5.74, 6) is -0.863. The van der Waals surface area contributed by atoms with Crippen LogP contribution in [0.25, 0.3) is 0 Å². The number of piperidine rings is 2. The van der Waals surface area contributed by atoms with Crippen LogP contribution >= 0.6 is 0 Å². The second-order valence-electron chi connectivity index (χ2n) is 12.4. The summed E-state index contributed by atoms with van der Waals surface area (Å²) in [5, 5.41) is 1.23. The minimum atomic E-state index is -4.79. The van der Waals surface area contributed by atoms with Gasteiger partial charge >= 0.3 is 32.9 Å². The fraction of sp³-hybridized carbons (Fsp3) is 0.840. The largest absolute Gasteiger partial charge is 0.418 e. The molecular formula is C25H40N6O14S2. The van der Waals surface area contributed by atoms with Crippen molar-refractivity contribution in [3.8, 4) is 0 Å². The van der Waals surface area contributed by atoms with Crippen molar-refractivity contribution in [1.29, 1.82) is 0 Å². The molecule has 6 amide bonds. The Morgan fingerprint density at radius 3 is 1.32 bits per heavy atom. The van der Waals surface area contributed by atoms with Gasteiger partial charge in [0.05, 0.1) is 24.3 Å². The van der Waals surface area contributed by atoms with E-state index >= 15 is 0 Å². The Bertz CT molecular complexity index is 1400. The highest BCUT2D eigenvalue weighted by atomic mass is 32.3. The second-order valence-corrected chi connectivity index (χ2v) is 14.4. The Balaban J connectivity index is 0.000000185. The maximum absolute atomic E-state index is 12.3. The normalized spacial score (nSPS) is 28.4. The molecule has 0 unspecified atom stereocenters. The maximum atomic E-state index is 12.3. The van der Waals surface area contributed by atoms with Gasteiger partial charge in [0, 0.05) is 13.1 Å². The summed E-state index contributed by atoms with van der Waals surface area (Å²) >= 11 is 0. The molecule has 4 heterocycles. The number of amides is 6. The fourth-order valence-electron chi connectivity index (χ4n) is 6.82. The van der Waals surface area contributed by atoms with Crippen molar-refractivity contribution < 1.29 is 63.4 Å². The minimum Gasteiger partial charge on any atom is -0.309 e. The molecular weight excluding hydrogens is 672 g/mol. The molecule has 20 nitrogen and oxygen atoms in total. The zero-order valence-corrected chi connectivity index (χ0v) is 27.1. The third kappa shape index (κ3) is 8.99. The molecule has 4 atom stereocenters. The lowest BCUT2D eigenvalue weighted by Crippen LogP contribution is -2.50. The van der Waals surface area contributed by atoms with Crippen molar-refractivity contribution in [3.05, 3.63) is 0 Å². The summed E-state index contributed by atoms with van der Waals surface area (Å²) in [6.45, 7) is 0.325. The molecule has 0 spiro atoms. The fourth-order valence-corrected chi connectivity index (χ4v) is 7.59. The average molecular weight is 713 g/mol. The Kier molecular flexibility index (Phi) is 11.1. The van der Waals surface area contributed by atoms with Crippen LogP contribution in [0, 0.1) is 0 Å². The summed E-state index contributed by atoms with van der Waals surface area (Å²) in [6.07, 6.45) is 10.5. The van der Waals surface area contributed by atoms with Gasteiger partial charge < -0.3 is 9.80 Å². The number of nitrogens with zero attached hydrogens (tertiary/aromatic N) is 4. The smallest absolute Gasteiger partial charge is 0.309 e. The summed E-state index contributed by atoms with van der Waals surface area (Å²) in [6, 6.07) is -4.02. The highest BCUT2D eigenvalue weighted by Crippen LogP contribution is 2.32. The number of urea groups is 2. The van der Waals surface area contributed by atoms with E-state index in [1.54, 1.807) is 0 Å². The van der Waals surface area contributed by atoms with Crippen molar-refractivity contribution in [2.24, 2.45) is 0 Å². The molecule has 4 N–H and O–H groups in total. The summed E-state index contributed by atoms with van der Waals surface area (Å²) in [4.78, 5) is 62.2. The first-order chi connectivity index (χ1) is 22.2. The lowest BCUT2D eigenvalue weighted by atomic mass is 9.98. The van der Waals surface area contributed by atoms with Crippen LogP contribution in [0.2, 0.25) is 0 Å². The predicted molar refractivity (Wildman–Crippen MR) is 154 cm³/mol. The van der Waals surface area contributed by atoms with Crippen LogP contribution in [-0.2, 0) is 48.6 Å². The third-order valence-electron chi connectivity index (χ3n) is 9.11. The SMILES string of the molecule is O=C(NOC1CCCC1)[C@@H]1CC[C@@H]2CN1C(=O)N2OS(=O)(=O)O.O=C(NOC1CCCCC1)[C@@H]1CC[C@@H]2CN1C(=O)N2OS(=O)(=O)O. The number of fused-ring (bicyclic) bond motifs is 4. The van der Waals surface area contributed by atoms with Crippen molar-refractivity contribution in [3.63, 3.8) is 0 Å². The van der Waals surface area contributed by atoms with E-state index in [2.05, 4.69) is 19.5 Å². The Labute approximate surface area is 271 Å². The van der Waals surface area contributed by atoms with E-state index in [4.69, 9.17) is 18.8 Å². The highest BCUT2D eigenvalue weighted by molar-refractivity contribution is 7.81. The molecule has 0 aromatic heterocycles. The molecule has 0 radical (unpaired) electrons. The van der Waals surface area contributed by atoms with Gasteiger partial charge in [-0.3, -0.25) is 28.4 Å². The number of hydrogen-bond donors (Lipinski definition) is 4. The zero-order chi connectivity index (χ0) is 33.9. The average Bonchev–Trinajstić information content (AvgIpc) is 3.69. The summed E-state index contributed by atoms with van der Waals surface area (Å²) < 4.78 is 69.4. The molecule has 4 bridgehead atoms. The van der Waals surface area contributed by atoms with Crippen LogP contribution in [0.15, 0.2) is 0 Å². The van der Waals surface area contributed by atoms with Crippen LogP contribution in [0.5, 0.6) is 0 Å². The molecule has 4 saturated heterocycles. The molecule has 47 heavy (non-hydrogen) atoms. The zero-order valence-electron chi connectivity index (χ0n) is 25.5. The number of nitrogens with one attached hydrogen (secondary N) is 2. The Morgan fingerprint density at radius 1 is 0.596 bits per heavy atom. The molecule has 22 heteroatoms. The van der Waals surface area contributed by atoms with Gasteiger partial charge in [-0.25, -0.2) is 20.5 Å². The highest BCUT2D eigenvalue weighted by Gasteiger charge is 2.50. The standard InChI is InChI=1S/C13H21N3O7S.C12H19N3O7S/c17-12(14-22-10-4-2-1-3-5-10)11-7-6-9-8-15(11)13(18)16(9)23-24(19,20)21;16-11(13-21-9-3-1-2-4-9)10-6-5-8-7-14(10)12(17)15(8)22-23(18,19)20/h9-11H,1-8H2,(H,14,17)(H,19,20,21);8-10H,1-7H2,(H,13,16)(H,18,19,20)/t9-,11+;8-,10+/m11/s1. The van der Waals surface area contributed by atoms with Crippen LogP contribution < -0.4 is 11.0 Å². The molecule has 2 aliphatic carbocycles. The van der Waals surface area contributed by atoms with Gasteiger partial charge in [0.25, 0.3) is 11.8 Å². The van der Waals surface area contributed by atoms with E-state index < -0.39 is 68.8 Å². The van der Waals surface area contributed by atoms with E-state index in [-0.39, 0.29) is 25.3 Å². The monoisotopic (exact) mass is 712 g/mol. The first-order valence-corrected chi connectivity index (χ1v) is 18.4. The van der Waals surface area contributed by atoms with E-state index in [1.807, 2.05) is 0 Å². The van der Waals surface area contributed by atoms with Gasteiger partial charge in [-0.2, -0.15) is 27.0 Å². The third-order valence-corrected chi connectivity index (χ3v) is 9.80. The number of carbonyl (C=O) groups excluding carboxylic acids is 4. The Hall–Kier alpha value is -2.86. The summed E-state index contributed by atoms with van der Waals surface area (Å²) in [5.41, 5.74) is 4.83. The predicted octanol–water partition coefficient (Wildman–Crippen LogP) is 0.350. The maximum Gasteiger partial charge on any atom is 0.418 e. The number of carbonyl (C=O) groups is 4. The lowest BCUT2D eigenvalue weighted by molar-refractivity contribution is -0.145. The van der Waals surface area contributed by atoms with Crippen molar-refractivity contribution in [1.82, 2.24) is 30.9 Å². The van der Waals surface area contributed by atoms with Gasteiger partial charge in [0.15, 0.2) is 0 Å². The molecule has 0 aromatic carbocycles.